The van der Waals surface area contributed by atoms with Gasteiger partial charge in [-0.3, -0.25) is 4.98 Å². The molecular formula is C16H16ClNO4S. The van der Waals surface area contributed by atoms with Crippen LogP contribution >= 0.6 is 23.4 Å². The van der Waals surface area contributed by atoms with Gasteiger partial charge in [0, 0.05) is 23.7 Å². The van der Waals surface area contributed by atoms with E-state index in [2.05, 4.69) is 4.98 Å². The lowest BCUT2D eigenvalue weighted by atomic mass is 10.1. The van der Waals surface area contributed by atoms with Crippen molar-refractivity contribution in [3.05, 3.63) is 47.7 Å². The average molecular weight is 354 g/mol. The maximum absolute atomic E-state index is 10.0. The van der Waals surface area contributed by atoms with Gasteiger partial charge in [-0.15, -0.1) is 11.8 Å². The van der Waals surface area contributed by atoms with Crippen molar-refractivity contribution >= 4 is 23.4 Å². The van der Waals surface area contributed by atoms with E-state index in [-0.39, 0.29) is 0 Å². The molecule has 2 aromatic rings. The highest BCUT2D eigenvalue weighted by Crippen LogP contribution is 2.31. The standard InChI is InChI=1S/C16H16ClNO4S/c17-11-4-10(6-18-7-11)9-2-1-3-12(5-9)22-16-15(21)14(20)13(19)8-23-16/h1-7,13-16,19-21H,8H2/t13-,14+,15-,16+/m1/s1. The summed E-state index contributed by atoms with van der Waals surface area (Å²) in [4.78, 5) is 4.06. The van der Waals surface area contributed by atoms with E-state index in [1.165, 1.54) is 11.8 Å². The van der Waals surface area contributed by atoms with E-state index in [4.69, 9.17) is 16.3 Å². The Balaban J connectivity index is 1.78. The summed E-state index contributed by atoms with van der Waals surface area (Å²) in [5, 5.41) is 29.8. The van der Waals surface area contributed by atoms with Crippen LogP contribution in [0.25, 0.3) is 11.1 Å². The number of benzene rings is 1. The Morgan fingerprint density at radius 3 is 2.70 bits per heavy atom. The molecule has 0 radical (unpaired) electrons. The lowest BCUT2D eigenvalue weighted by Crippen LogP contribution is -2.50. The first kappa shape index (κ1) is 16.5. The zero-order valence-corrected chi connectivity index (χ0v) is 13.6. The summed E-state index contributed by atoms with van der Waals surface area (Å²) < 4.78 is 5.77. The fraction of sp³-hybridized carbons (Fsp3) is 0.312. The highest BCUT2D eigenvalue weighted by molar-refractivity contribution is 7.99. The van der Waals surface area contributed by atoms with Gasteiger partial charge in [-0.05, 0) is 23.8 Å². The van der Waals surface area contributed by atoms with Gasteiger partial charge >= 0.3 is 0 Å². The minimum atomic E-state index is -1.21. The van der Waals surface area contributed by atoms with Gasteiger partial charge in [0.2, 0.25) is 0 Å². The highest BCUT2D eigenvalue weighted by Gasteiger charge is 2.38. The maximum Gasteiger partial charge on any atom is 0.173 e. The fourth-order valence-corrected chi connectivity index (χ4v) is 3.63. The molecule has 122 valence electrons. The number of hydrogen-bond acceptors (Lipinski definition) is 6. The van der Waals surface area contributed by atoms with Crippen LogP contribution in [0.5, 0.6) is 5.75 Å². The van der Waals surface area contributed by atoms with Gasteiger partial charge in [0.15, 0.2) is 5.44 Å². The van der Waals surface area contributed by atoms with Crippen molar-refractivity contribution in [2.75, 3.05) is 5.75 Å². The third kappa shape index (κ3) is 3.79. The number of hydrogen-bond donors (Lipinski definition) is 3. The van der Waals surface area contributed by atoms with E-state index >= 15 is 0 Å². The summed E-state index contributed by atoms with van der Waals surface area (Å²) in [5.41, 5.74) is 1.10. The average Bonchev–Trinajstić information content (AvgIpc) is 2.56. The largest absolute Gasteiger partial charge is 0.477 e. The molecule has 0 bridgehead atoms. The highest BCUT2D eigenvalue weighted by atomic mass is 35.5. The molecule has 1 fully saturated rings. The van der Waals surface area contributed by atoms with E-state index in [9.17, 15) is 15.3 Å². The van der Waals surface area contributed by atoms with Gasteiger partial charge in [0.05, 0.1) is 11.1 Å². The molecule has 1 saturated heterocycles. The van der Waals surface area contributed by atoms with Crippen LogP contribution in [0, 0.1) is 0 Å². The second kappa shape index (κ2) is 7.07. The number of ether oxygens (including phenoxy) is 1. The second-order valence-corrected chi connectivity index (χ2v) is 6.86. The predicted octanol–water partition coefficient (Wildman–Crippen LogP) is 1.94. The van der Waals surface area contributed by atoms with Crippen molar-refractivity contribution in [3.8, 4) is 16.9 Å². The Morgan fingerprint density at radius 2 is 1.91 bits per heavy atom. The number of aromatic nitrogens is 1. The molecule has 23 heavy (non-hydrogen) atoms. The first-order valence-corrected chi connectivity index (χ1v) is 8.51. The van der Waals surface area contributed by atoms with Gasteiger partial charge in [-0.25, -0.2) is 0 Å². The van der Waals surface area contributed by atoms with E-state index < -0.39 is 23.7 Å². The minimum Gasteiger partial charge on any atom is -0.477 e. The lowest BCUT2D eigenvalue weighted by Gasteiger charge is -2.34. The molecule has 3 N–H and O–H groups in total. The number of halogens is 1. The smallest absolute Gasteiger partial charge is 0.173 e. The normalized spacial score (nSPS) is 27.7. The molecule has 0 spiro atoms. The van der Waals surface area contributed by atoms with Crippen molar-refractivity contribution in [2.45, 2.75) is 23.7 Å². The second-order valence-electron chi connectivity index (χ2n) is 5.29. The van der Waals surface area contributed by atoms with Gasteiger partial charge in [-0.2, -0.15) is 0 Å². The summed E-state index contributed by atoms with van der Waals surface area (Å²) >= 11 is 7.22. The quantitative estimate of drug-likeness (QED) is 0.782. The predicted molar refractivity (Wildman–Crippen MR) is 89.6 cm³/mol. The molecule has 4 atom stereocenters. The number of rotatable bonds is 3. The van der Waals surface area contributed by atoms with Crippen molar-refractivity contribution in [2.24, 2.45) is 0 Å². The molecule has 1 aliphatic heterocycles. The molecule has 5 nitrogen and oxygen atoms in total. The molecule has 7 heteroatoms. The molecule has 0 aliphatic carbocycles. The zero-order valence-electron chi connectivity index (χ0n) is 12.0. The van der Waals surface area contributed by atoms with Crippen LogP contribution in [-0.4, -0.2) is 49.8 Å². The van der Waals surface area contributed by atoms with Crippen LogP contribution in [0.4, 0.5) is 0 Å². The van der Waals surface area contributed by atoms with Crippen LogP contribution in [0.2, 0.25) is 5.02 Å². The monoisotopic (exact) mass is 353 g/mol. The summed E-state index contributed by atoms with van der Waals surface area (Å²) in [6.07, 6.45) is -0.0388. The van der Waals surface area contributed by atoms with Gasteiger partial charge in [-0.1, -0.05) is 23.7 Å². The van der Waals surface area contributed by atoms with E-state index in [0.29, 0.717) is 16.5 Å². The number of pyridine rings is 1. The third-order valence-corrected chi connectivity index (χ3v) is 5.02. The minimum absolute atomic E-state index is 0.306. The van der Waals surface area contributed by atoms with Crippen molar-refractivity contribution in [1.29, 1.82) is 0 Å². The molecule has 0 amide bonds. The van der Waals surface area contributed by atoms with Crippen LogP contribution < -0.4 is 4.74 Å². The SMILES string of the molecule is O[C@@H]1[C@@H](O)[C@@H](Oc2cccc(-c3cncc(Cl)c3)c2)SC[C@H]1O. The molecule has 1 aliphatic rings. The maximum atomic E-state index is 10.0. The van der Waals surface area contributed by atoms with Crippen molar-refractivity contribution in [3.63, 3.8) is 0 Å². The number of aliphatic hydroxyl groups excluding tert-OH is 3. The van der Waals surface area contributed by atoms with Crippen LogP contribution in [-0.2, 0) is 0 Å². The zero-order chi connectivity index (χ0) is 16.4. The molecule has 1 aromatic carbocycles. The summed E-state index contributed by atoms with van der Waals surface area (Å²) in [5.74, 6) is 0.864. The third-order valence-electron chi connectivity index (χ3n) is 3.58. The van der Waals surface area contributed by atoms with Crippen molar-refractivity contribution in [1.82, 2.24) is 4.98 Å². The summed E-state index contributed by atoms with van der Waals surface area (Å²) in [6.45, 7) is 0. The molecule has 0 saturated carbocycles. The first-order chi connectivity index (χ1) is 11.0. The topological polar surface area (TPSA) is 82.8 Å². The molecule has 3 rings (SSSR count). The Kier molecular flexibility index (Phi) is 5.08. The van der Waals surface area contributed by atoms with E-state index in [1.807, 2.05) is 18.2 Å². The number of nitrogens with zero attached hydrogens (tertiary/aromatic N) is 1. The van der Waals surface area contributed by atoms with E-state index in [0.717, 1.165) is 11.1 Å². The Bertz CT molecular complexity index is 687. The lowest BCUT2D eigenvalue weighted by molar-refractivity contribution is -0.0786. The molecule has 2 heterocycles. The molecule has 1 aromatic heterocycles. The Hall–Kier alpha value is -1.31. The van der Waals surface area contributed by atoms with Gasteiger partial charge in [0.25, 0.3) is 0 Å². The summed E-state index contributed by atoms with van der Waals surface area (Å²) in [6, 6.07) is 9.13. The molecule has 0 unspecified atom stereocenters. The Morgan fingerprint density at radius 1 is 1.09 bits per heavy atom. The Labute approximate surface area is 142 Å². The summed E-state index contributed by atoms with van der Waals surface area (Å²) in [7, 11) is 0. The van der Waals surface area contributed by atoms with E-state index in [1.54, 1.807) is 24.5 Å². The first-order valence-electron chi connectivity index (χ1n) is 7.08. The molecular weight excluding hydrogens is 338 g/mol. The van der Waals surface area contributed by atoms with Gasteiger partial charge < -0.3 is 20.1 Å². The van der Waals surface area contributed by atoms with Crippen LogP contribution in [0.1, 0.15) is 0 Å². The van der Waals surface area contributed by atoms with Gasteiger partial charge in [0.1, 0.15) is 18.0 Å². The fourth-order valence-electron chi connectivity index (χ4n) is 2.34. The van der Waals surface area contributed by atoms with Crippen LogP contribution in [0.3, 0.4) is 0 Å². The number of thioether (sulfide) groups is 1. The van der Waals surface area contributed by atoms with Crippen LogP contribution in [0.15, 0.2) is 42.7 Å². The van der Waals surface area contributed by atoms with Crippen molar-refractivity contribution < 1.29 is 20.1 Å². The number of aliphatic hydroxyl groups is 3.